The van der Waals surface area contributed by atoms with Gasteiger partial charge < -0.3 is 5.32 Å². The third kappa shape index (κ3) is 2.80. The van der Waals surface area contributed by atoms with E-state index in [0.717, 1.165) is 13.1 Å². The van der Waals surface area contributed by atoms with E-state index >= 15 is 0 Å². The summed E-state index contributed by atoms with van der Waals surface area (Å²) in [5.41, 5.74) is 0. The smallest absolute Gasteiger partial charge is 0.0195 e. The fourth-order valence-corrected chi connectivity index (χ4v) is 3.00. The van der Waals surface area contributed by atoms with Gasteiger partial charge in [-0.05, 0) is 31.7 Å². The Morgan fingerprint density at radius 1 is 1.40 bits per heavy atom. The lowest BCUT2D eigenvalue weighted by Crippen LogP contribution is -2.55. The SMILES string of the molecule is CC1CNCC(C)N1CCc1cccs1. The molecule has 1 aliphatic heterocycles. The van der Waals surface area contributed by atoms with Gasteiger partial charge in [-0.3, -0.25) is 4.90 Å². The first kappa shape index (κ1) is 11.1. The topological polar surface area (TPSA) is 15.3 Å². The molecule has 1 aromatic heterocycles. The molecule has 1 fully saturated rings. The Kier molecular flexibility index (Phi) is 3.78. The van der Waals surface area contributed by atoms with E-state index in [9.17, 15) is 0 Å². The van der Waals surface area contributed by atoms with E-state index in [2.05, 4.69) is 41.6 Å². The Hall–Kier alpha value is -0.380. The van der Waals surface area contributed by atoms with Crippen LogP contribution in [-0.4, -0.2) is 36.6 Å². The van der Waals surface area contributed by atoms with Gasteiger partial charge in [0.2, 0.25) is 0 Å². The first-order valence-corrected chi connectivity index (χ1v) is 6.64. The molecule has 84 valence electrons. The molecule has 0 spiro atoms. The van der Waals surface area contributed by atoms with E-state index in [1.807, 2.05) is 11.3 Å². The van der Waals surface area contributed by atoms with Crippen LogP contribution in [0.25, 0.3) is 0 Å². The summed E-state index contributed by atoms with van der Waals surface area (Å²) >= 11 is 1.87. The monoisotopic (exact) mass is 224 g/mol. The zero-order chi connectivity index (χ0) is 10.7. The van der Waals surface area contributed by atoms with Gasteiger partial charge in [-0.2, -0.15) is 0 Å². The third-order valence-electron chi connectivity index (χ3n) is 3.21. The molecule has 2 unspecified atom stereocenters. The highest BCUT2D eigenvalue weighted by Crippen LogP contribution is 2.14. The molecule has 1 N–H and O–H groups in total. The fraction of sp³-hybridized carbons (Fsp3) is 0.667. The summed E-state index contributed by atoms with van der Waals surface area (Å²) in [4.78, 5) is 4.13. The van der Waals surface area contributed by atoms with Crippen LogP contribution in [0.1, 0.15) is 18.7 Å². The van der Waals surface area contributed by atoms with Crippen molar-refractivity contribution in [3.05, 3.63) is 22.4 Å². The van der Waals surface area contributed by atoms with Crippen LogP contribution in [0.3, 0.4) is 0 Å². The number of nitrogens with zero attached hydrogens (tertiary/aromatic N) is 1. The Morgan fingerprint density at radius 2 is 2.13 bits per heavy atom. The van der Waals surface area contributed by atoms with Gasteiger partial charge in [0.25, 0.3) is 0 Å². The first-order chi connectivity index (χ1) is 7.27. The van der Waals surface area contributed by atoms with Crippen LogP contribution in [0.15, 0.2) is 17.5 Å². The molecule has 2 heterocycles. The lowest BCUT2D eigenvalue weighted by atomic mass is 10.1. The van der Waals surface area contributed by atoms with Crippen LogP contribution >= 0.6 is 11.3 Å². The van der Waals surface area contributed by atoms with Crippen LogP contribution in [0.5, 0.6) is 0 Å². The average molecular weight is 224 g/mol. The lowest BCUT2D eigenvalue weighted by Gasteiger charge is -2.39. The van der Waals surface area contributed by atoms with Crippen LogP contribution in [0.2, 0.25) is 0 Å². The predicted molar refractivity (Wildman–Crippen MR) is 66.5 cm³/mol. The van der Waals surface area contributed by atoms with E-state index < -0.39 is 0 Å². The van der Waals surface area contributed by atoms with Crippen LogP contribution in [0, 0.1) is 0 Å². The Balaban J connectivity index is 1.86. The maximum absolute atomic E-state index is 3.47. The molecule has 0 aliphatic carbocycles. The van der Waals surface area contributed by atoms with Gasteiger partial charge in [0.15, 0.2) is 0 Å². The molecule has 0 saturated carbocycles. The summed E-state index contributed by atoms with van der Waals surface area (Å²) in [6.45, 7) is 8.10. The van der Waals surface area contributed by atoms with E-state index in [4.69, 9.17) is 0 Å². The normalized spacial score (nSPS) is 28.1. The van der Waals surface area contributed by atoms with E-state index in [1.165, 1.54) is 17.8 Å². The van der Waals surface area contributed by atoms with Crippen molar-refractivity contribution in [2.24, 2.45) is 0 Å². The highest BCUT2D eigenvalue weighted by atomic mass is 32.1. The second kappa shape index (κ2) is 5.10. The summed E-state index contributed by atoms with van der Waals surface area (Å²) in [5.74, 6) is 0. The van der Waals surface area contributed by atoms with Crippen molar-refractivity contribution in [3.8, 4) is 0 Å². The minimum atomic E-state index is 0.675. The molecule has 3 heteroatoms. The molecular weight excluding hydrogens is 204 g/mol. The third-order valence-corrected chi connectivity index (χ3v) is 4.14. The van der Waals surface area contributed by atoms with Crippen LogP contribution in [-0.2, 0) is 6.42 Å². The number of hydrogen-bond acceptors (Lipinski definition) is 3. The number of piperazine rings is 1. The minimum Gasteiger partial charge on any atom is -0.314 e. The maximum atomic E-state index is 3.47. The molecule has 2 atom stereocenters. The van der Waals surface area contributed by atoms with Gasteiger partial charge in [-0.15, -0.1) is 11.3 Å². The zero-order valence-electron chi connectivity index (χ0n) is 9.57. The quantitative estimate of drug-likeness (QED) is 0.844. The van der Waals surface area contributed by atoms with Gasteiger partial charge >= 0.3 is 0 Å². The highest BCUT2D eigenvalue weighted by molar-refractivity contribution is 7.09. The summed E-state index contributed by atoms with van der Waals surface area (Å²) in [6.07, 6.45) is 1.20. The molecule has 1 aromatic rings. The average Bonchev–Trinajstić information content (AvgIpc) is 2.70. The van der Waals surface area contributed by atoms with Gasteiger partial charge in [-0.1, -0.05) is 6.07 Å². The van der Waals surface area contributed by atoms with Gasteiger partial charge in [0.05, 0.1) is 0 Å². The van der Waals surface area contributed by atoms with Crippen molar-refractivity contribution < 1.29 is 0 Å². The molecule has 1 aliphatic rings. The van der Waals surface area contributed by atoms with Crippen LogP contribution < -0.4 is 5.32 Å². The van der Waals surface area contributed by atoms with E-state index in [-0.39, 0.29) is 0 Å². The van der Waals surface area contributed by atoms with Gasteiger partial charge in [0, 0.05) is 36.6 Å². The Morgan fingerprint density at radius 3 is 2.73 bits per heavy atom. The largest absolute Gasteiger partial charge is 0.314 e. The predicted octanol–water partition coefficient (Wildman–Crippen LogP) is 1.97. The number of rotatable bonds is 3. The lowest BCUT2D eigenvalue weighted by molar-refractivity contribution is 0.119. The molecule has 0 aromatic carbocycles. The summed E-state index contributed by atoms with van der Waals surface area (Å²) in [6, 6.07) is 5.73. The van der Waals surface area contributed by atoms with Crippen molar-refractivity contribution in [3.63, 3.8) is 0 Å². The molecule has 0 radical (unpaired) electrons. The zero-order valence-corrected chi connectivity index (χ0v) is 10.4. The Bertz CT molecular complexity index is 274. The fourth-order valence-electron chi connectivity index (χ4n) is 2.30. The summed E-state index contributed by atoms with van der Waals surface area (Å²) in [5, 5.41) is 5.63. The molecule has 15 heavy (non-hydrogen) atoms. The number of thiophene rings is 1. The van der Waals surface area contributed by atoms with Crippen molar-refractivity contribution in [1.29, 1.82) is 0 Å². The first-order valence-electron chi connectivity index (χ1n) is 5.76. The highest BCUT2D eigenvalue weighted by Gasteiger charge is 2.23. The summed E-state index contributed by atoms with van der Waals surface area (Å²) in [7, 11) is 0. The molecular formula is C12H20N2S. The molecule has 2 rings (SSSR count). The molecule has 1 saturated heterocycles. The maximum Gasteiger partial charge on any atom is 0.0195 e. The van der Waals surface area contributed by atoms with E-state index in [1.54, 1.807) is 0 Å². The van der Waals surface area contributed by atoms with E-state index in [0.29, 0.717) is 12.1 Å². The van der Waals surface area contributed by atoms with Crippen molar-refractivity contribution in [1.82, 2.24) is 10.2 Å². The van der Waals surface area contributed by atoms with Crippen molar-refractivity contribution >= 4 is 11.3 Å². The second-order valence-electron chi connectivity index (χ2n) is 4.42. The van der Waals surface area contributed by atoms with Crippen molar-refractivity contribution in [2.75, 3.05) is 19.6 Å². The number of nitrogens with one attached hydrogen (secondary N) is 1. The van der Waals surface area contributed by atoms with Gasteiger partial charge in [0.1, 0.15) is 0 Å². The summed E-state index contributed by atoms with van der Waals surface area (Å²) < 4.78 is 0. The minimum absolute atomic E-state index is 0.675. The molecule has 0 amide bonds. The molecule has 0 bridgehead atoms. The van der Waals surface area contributed by atoms with Gasteiger partial charge in [-0.25, -0.2) is 0 Å². The second-order valence-corrected chi connectivity index (χ2v) is 5.46. The van der Waals surface area contributed by atoms with Crippen molar-refractivity contribution in [2.45, 2.75) is 32.4 Å². The standard InChI is InChI=1S/C12H20N2S/c1-10-8-13-9-11(2)14(10)6-5-12-4-3-7-15-12/h3-4,7,10-11,13H,5-6,8-9H2,1-2H3. The Labute approximate surface area is 96.3 Å². The molecule has 2 nitrogen and oxygen atoms in total. The van der Waals surface area contributed by atoms with Crippen LogP contribution in [0.4, 0.5) is 0 Å². The number of hydrogen-bond donors (Lipinski definition) is 1.